The van der Waals surface area contributed by atoms with Gasteiger partial charge in [-0.3, -0.25) is 24.6 Å². The number of nitro groups is 1. The average Bonchev–Trinajstić information content (AvgIpc) is 3.11. The average molecular weight is 399 g/mol. The molecule has 1 fully saturated rings. The van der Waals surface area contributed by atoms with Crippen LogP contribution >= 0.6 is 0 Å². The van der Waals surface area contributed by atoms with Crippen molar-refractivity contribution in [3.63, 3.8) is 0 Å². The van der Waals surface area contributed by atoms with Crippen LogP contribution in [-0.2, 0) is 9.59 Å². The smallest absolute Gasteiger partial charge is 0.270 e. The molecule has 0 spiro atoms. The Morgan fingerprint density at radius 2 is 2.03 bits per heavy atom. The van der Waals surface area contributed by atoms with Crippen molar-refractivity contribution in [1.29, 1.82) is 0 Å². The molecule has 0 radical (unpaired) electrons. The Morgan fingerprint density at radius 1 is 1.28 bits per heavy atom. The number of aromatic nitrogens is 1. The molecule has 2 heterocycles. The summed E-state index contributed by atoms with van der Waals surface area (Å²) >= 11 is 0. The van der Waals surface area contributed by atoms with Crippen LogP contribution in [0.1, 0.15) is 11.3 Å². The van der Waals surface area contributed by atoms with E-state index in [-0.39, 0.29) is 24.0 Å². The lowest BCUT2D eigenvalue weighted by atomic mass is 10.2. The minimum atomic E-state index is -0.474. The molecule has 0 saturated carbocycles. The number of nitro benzene ring substituents is 1. The van der Waals surface area contributed by atoms with Gasteiger partial charge in [-0.2, -0.15) is 0 Å². The number of amides is 2. The van der Waals surface area contributed by atoms with Gasteiger partial charge in [0.15, 0.2) is 5.82 Å². The Kier molecular flexibility index (Phi) is 6.35. The highest BCUT2D eigenvalue weighted by molar-refractivity contribution is 5.92. The Labute approximate surface area is 166 Å². The van der Waals surface area contributed by atoms with Crippen molar-refractivity contribution in [2.75, 3.05) is 38.0 Å². The third-order valence-corrected chi connectivity index (χ3v) is 4.45. The van der Waals surface area contributed by atoms with Crippen molar-refractivity contribution in [2.24, 2.45) is 0 Å². The topological polar surface area (TPSA) is 122 Å². The summed E-state index contributed by atoms with van der Waals surface area (Å²) in [6.45, 7) is 4.08. The molecule has 1 aliphatic rings. The summed E-state index contributed by atoms with van der Waals surface area (Å²) in [5.41, 5.74) is 0.568. The third-order valence-electron chi connectivity index (χ3n) is 4.45. The number of anilines is 1. The lowest BCUT2D eigenvalue weighted by molar-refractivity contribution is -0.384. The number of hydrogen-bond donors (Lipinski definition) is 1. The van der Waals surface area contributed by atoms with Gasteiger partial charge >= 0.3 is 0 Å². The summed E-state index contributed by atoms with van der Waals surface area (Å²) in [5, 5.41) is 17.2. The second-order valence-corrected chi connectivity index (χ2v) is 6.66. The summed E-state index contributed by atoms with van der Waals surface area (Å²) in [5.74, 6) is 0.639. The highest BCUT2D eigenvalue weighted by Crippen LogP contribution is 2.14. The first kappa shape index (κ1) is 20.2. The number of rotatable bonds is 6. The number of carbonyl (C=O) groups is 2. The van der Waals surface area contributed by atoms with E-state index in [4.69, 9.17) is 4.52 Å². The van der Waals surface area contributed by atoms with Crippen molar-refractivity contribution in [1.82, 2.24) is 15.0 Å². The van der Waals surface area contributed by atoms with Gasteiger partial charge in [0.25, 0.3) is 5.69 Å². The fraction of sp³-hybridized carbons (Fsp3) is 0.316. The van der Waals surface area contributed by atoms with Gasteiger partial charge in [0.1, 0.15) is 5.76 Å². The first-order valence-electron chi connectivity index (χ1n) is 9.08. The summed E-state index contributed by atoms with van der Waals surface area (Å²) < 4.78 is 4.91. The molecule has 2 aromatic rings. The number of piperazine rings is 1. The first-order valence-corrected chi connectivity index (χ1v) is 9.08. The largest absolute Gasteiger partial charge is 0.360 e. The number of non-ortho nitro benzene ring substituents is 1. The van der Waals surface area contributed by atoms with E-state index in [1.807, 2.05) is 4.90 Å². The highest BCUT2D eigenvalue weighted by Gasteiger charge is 2.21. The summed E-state index contributed by atoms with van der Waals surface area (Å²) in [6.07, 6.45) is 2.98. The molecule has 3 rings (SSSR count). The molecule has 0 bridgehead atoms. The minimum Gasteiger partial charge on any atom is -0.360 e. The molecule has 1 aromatic heterocycles. The maximum atomic E-state index is 12.4. The summed E-state index contributed by atoms with van der Waals surface area (Å²) in [7, 11) is 0. The number of nitrogens with zero attached hydrogens (tertiary/aromatic N) is 4. The van der Waals surface area contributed by atoms with Crippen LogP contribution < -0.4 is 5.32 Å². The van der Waals surface area contributed by atoms with Crippen molar-refractivity contribution in [3.8, 4) is 0 Å². The molecular formula is C19H21N5O5. The molecule has 1 N–H and O–H groups in total. The normalized spacial score (nSPS) is 14.9. The summed E-state index contributed by atoms with van der Waals surface area (Å²) in [6, 6.07) is 7.73. The molecule has 152 valence electrons. The zero-order valence-electron chi connectivity index (χ0n) is 15.9. The van der Waals surface area contributed by atoms with Crippen molar-refractivity contribution in [2.45, 2.75) is 6.92 Å². The summed E-state index contributed by atoms with van der Waals surface area (Å²) in [4.78, 5) is 38.4. The van der Waals surface area contributed by atoms with Gasteiger partial charge in [0, 0.05) is 50.5 Å². The number of nitrogens with one attached hydrogen (secondary N) is 1. The predicted molar refractivity (Wildman–Crippen MR) is 105 cm³/mol. The Hall–Kier alpha value is -3.53. The fourth-order valence-electron chi connectivity index (χ4n) is 2.95. The standard InChI is InChI=1S/C19H21N5O5/c1-14-11-17(21-29-14)20-18(25)13-22-7-9-23(10-8-22)19(26)6-5-15-3-2-4-16(12-15)24(27)28/h2-6,11-12H,7-10,13H2,1H3,(H,20,21,25)/b6-5+. The van der Waals surface area contributed by atoms with E-state index in [1.165, 1.54) is 18.2 Å². The van der Waals surface area contributed by atoms with Gasteiger partial charge in [-0.25, -0.2) is 0 Å². The Balaban J connectivity index is 1.46. The van der Waals surface area contributed by atoms with Crippen molar-refractivity contribution >= 4 is 29.4 Å². The van der Waals surface area contributed by atoms with Gasteiger partial charge in [0.2, 0.25) is 11.8 Å². The maximum Gasteiger partial charge on any atom is 0.270 e. The van der Waals surface area contributed by atoms with E-state index in [2.05, 4.69) is 10.5 Å². The van der Waals surface area contributed by atoms with Gasteiger partial charge in [-0.05, 0) is 18.6 Å². The fourth-order valence-corrected chi connectivity index (χ4v) is 2.95. The van der Waals surface area contributed by atoms with Crippen molar-refractivity contribution < 1.29 is 19.0 Å². The maximum absolute atomic E-state index is 12.4. The number of hydrogen-bond acceptors (Lipinski definition) is 7. The number of carbonyl (C=O) groups excluding carboxylic acids is 2. The molecule has 0 aliphatic carbocycles. The third kappa shape index (κ3) is 5.72. The quantitative estimate of drug-likeness (QED) is 0.445. The Morgan fingerprint density at radius 3 is 2.69 bits per heavy atom. The first-order chi connectivity index (χ1) is 13.9. The van der Waals surface area contributed by atoms with E-state index >= 15 is 0 Å². The van der Waals surface area contributed by atoms with E-state index in [9.17, 15) is 19.7 Å². The molecule has 1 saturated heterocycles. The molecule has 29 heavy (non-hydrogen) atoms. The molecule has 0 unspecified atom stereocenters. The van der Waals surface area contributed by atoms with E-state index in [0.29, 0.717) is 43.3 Å². The zero-order chi connectivity index (χ0) is 20.8. The predicted octanol–water partition coefficient (Wildman–Crippen LogP) is 1.69. The van der Waals surface area contributed by atoms with Crippen LogP contribution in [0.15, 0.2) is 40.9 Å². The Bertz CT molecular complexity index is 931. The van der Waals surface area contributed by atoms with Gasteiger partial charge in [-0.1, -0.05) is 17.3 Å². The van der Waals surface area contributed by atoms with Gasteiger partial charge < -0.3 is 14.7 Å². The van der Waals surface area contributed by atoms with Crippen molar-refractivity contribution in [3.05, 3.63) is 57.8 Å². The van der Waals surface area contributed by atoms with Crippen LogP contribution in [0.3, 0.4) is 0 Å². The second-order valence-electron chi connectivity index (χ2n) is 6.66. The van der Waals surface area contributed by atoms with Crippen LogP contribution in [0.2, 0.25) is 0 Å². The van der Waals surface area contributed by atoms with E-state index < -0.39 is 4.92 Å². The number of benzene rings is 1. The molecular weight excluding hydrogens is 378 g/mol. The van der Waals surface area contributed by atoms with E-state index in [1.54, 1.807) is 36.1 Å². The van der Waals surface area contributed by atoms with E-state index in [0.717, 1.165) is 0 Å². The number of aryl methyl sites for hydroxylation is 1. The molecule has 2 amide bonds. The zero-order valence-corrected chi connectivity index (χ0v) is 15.9. The molecule has 1 aliphatic heterocycles. The molecule has 1 aromatic carbocycles. The SMILES string of the molecule is Cc1cc(NC(=O)CN2CCN(C(=O)/C=C/c3cccc([N+](=O)[O-])c3)CC2)no1. The lowest BCUT2D eigenvalue weighted by Gasteiger charge is -2.33. The van der Waals surface area contributed by atoms with Gasteiger partial charge in [-0.15, -0.1) is 0 Å². The minimum absolute atomic E-state index is 0.0210. The monoisotopic (exact) mass is 399 g/mol. The van der Waals surface area contributed by atoms with Gasteiger partial charge in [0.05, 0.1) is 11.5 Å². The van der Waals surface area contributed by atoms with Crippen LogP contribution in [0.5, 0.6) is 0 Å². The highest BCUT2D eigenvalue weighted by atomic mass is 16.6. The lowest BCUT2D eigenvalue weighted by Crippen LogP contribution is -2.50. The van der Waals surface area contributed by atoms with Crippen LogP contribution in [0.4, 0.5) is 11.5 Å². The van der Waals surface area contributed by atoms with Crippen LogP contribution in [0, 0.1) is 17.0 Å². The second kappa shape index (κ2) is 9.11. The van der Waals surface area contributed by atoms with Crippen LogP contribution in [0.25, 0.3) is 6.08 Å². The molecule has 0 atom stereocenters. The molecule has 10 heteroatoms. The molecule has 10 nitrogen and oxygen atoms in total. The van der Waals surface area contributed by atoms with Crippen LogP contribution in [-0.4, -0.2) is 64.4 Å².